The summed E-state index contributed by atoms with van der Waals surface area (Å²) in [6.07, 6.45) is 5.23. The highest BCUT2D eigenvalue weighted by Crippen LogP contribution is 2.42. The molecule has 0 saturated carbocycles. The molecule has 4 aromatic rings. The van der Waals surface area contributed by atoms with Gasteiger partial charge in [-0.2, -0.15) is 0 Å². The van der Waals surface area contributed by atoms with E-state index in [2.05, 4.69) is 4.57 Å². The van der Waals surface area contributed by atoms with Crippen LogP contribution in [0, 0.1) is 5.82 Å². The van der Waals surface area contributed by atoms with E-state index in [-0.39, 0.29) is 30.2 Å². The molecule has 3 aromatic carbocycles. The lowest BCUT2D eigenvalue weighted by Gasteiger charge is -2.40. The normalized spacial score (nSPS) is 14.5. The monoisotopic (exact) mass is 493 g/mol. The maximum Gasteiger partial charge on any atom is 0.247 e. The molecule has 0 radical (unpaired) electrons. The number of anilines is 1. The highest BCUT2D eigenvalue weighted by atomic mass is 19.1. The van der Waals surface area contributed by atoms with Gasteiger partial charge in [0.2, 0.25) is 11.8 Å². The van der Waals surface area contributed by atoms with E-state index in [9.17, 15) is 14.0 Å². The van der Waals surface area contributed by atoms with Crippen molar-refractivity contribution in [3.05, 3.63) is 126 Å². The molecule has 1 atom stereocenters. The maximum absolute atomic E-state index is 14.1. The fourth-order valence-corrected chi connectivity index (χ4v) is 4.79. The van der Waals surface area contributed by atoms with Crippen LogP contribution in [-0.4, -0.2) is 33.9 Å². The fraction of sp³-hybridized carbons (Fsp3) is 0.161. The van der Waals surface area contributed by atoms with E-state index in [1.54, 1.807) is 28.0 Å². The molecule has 0 saturated heterocycles. The van der Waals surface area contributed by atoms with Crippen LogP contribution in [0.5, 0.6) is 0 Å². The van der Waals surface area contributed by atoms with Crippen LogP contribution in [0.3, 0.4) is 0 Å². The average molecular weight is 494 g/mol. The molecule has 2 heterocycles. The van der Waals surface area contributed by atoms with Crippen molar-refractivity contribution in [1.29, 1.82) is 0 Å². The van der Waals surface area contributed by atoms with E-state index in [1.165, 1.54) is 18.2 Å². The van der Waals surface area contributed by atoms with Crippen molar-refractivity contribution in [1.82, 2.24) is 9.47 Å². The number of aromatic nitrogens is 1. The molecular weight excluding hydrogens is 465 g/mol. The number of nitrogens with zero attached hydrogens (tertiary/aromatic N) is 3. The Hall–Kier alpha value is -4.45. The lowest BCUT2D eigenvalue weighted by atomic mass is 9.97. The molecule has 0 N–H and O–H groups in total. The number of para-hydroxylation sites is 2. The van der Waals surface area contributed by atoms with Crippen molar-refractivity contribution in [2.75, 3.05) is 11.4 Å². The SMILES string of the molecule is CC(C)N(CC(=O)N1c2ccccc2-n2cccc2C1c1ccc(F)cc1)C(=O)C=Cc1ccccc1. The second-order valence-electron chi connectivity index (χ2n) is 9.31. The van der Waals surface area contributed by atoms with E-state index in [0.717, 1.165) is 28.2 Å². The minimum Gasteiger partial charge on any atom is -0.327 e. The molecule has 5 nitrogen and oxygen atoms in total. The summed E-state index contributed by atoms with van der Waals surface area (Å²) in [6.45, 7) is 3.70. The van der Waals surface area contributed by atoms with Gasteiger partial charge in [0.05, 0.1) is 17.1 Å². The Labute approximate surface area is 216 Å². The molecule has 186 valence electrons. The third-order valence-corrected chi connectivity index (χ3v) is 6.60. The third kappa shape index (κ3) is 4.83. The molecule has 5 rings (SSSR count). The molecule has 0 bridgehead atoms. The van der Waals surface area contributed by atoms with Crippen LogP contribution < -0.4 is 4.90 Å². The highest BCUT2D eigenvalue weighted by Gasteiger charge is 2.37. The van der Waals surface area contributed by atoms with Crippen LogP contribution in [-0.2, 0) is 9.59 Å². The number of amides is 2. The Morgan fingerprint density at radius 1 is 0.892 bits per heavy atom. The number of halogens is 1. The first-order valence-electron chi connectivity index (χ1n) is 12.3. The smallest absolute Gasteiger partial charge is 0.247 e. The van der Waals surface area contributed by atoms with Crippen molar-refractivity contribution in [3.63, 3.8) is 0 Å². The molecule has 0 fully saturated rings. The molecule has 1 aromatic heterocycles. The molecule has 0 spiro atoms. The van der Waals surface area contributed by atoms with Gasteiger partial charge in [-0.3, -0.25) is 14.5 Å². The Balaban J connectivity index is 1.51. The first-order chi connectivity index (χ1) is 17.9. The summed E-state index contributed by atoms with van der Waals surface area (Å²) in [5.41, 5.74) is 4.20. The van der Waals surface area contributed by atoms with E-state index >= 15 is 0 Å². The summed E-state index contributed by atoms with van der Waals surface area (Å²) >= 11 is 0. The van der Waals surface area contributed by atoms with Gasteiger partial charge in [-0.25, -0.2) is 4.39 Å². The standard InChI is InChI=1S/C31H28FN3O2/c1-22(2)34(29(36)19-14-23-9-4-3-5-10-23)21-30(37)35-27-12-7-6-11-26(27)33-20-8-13-28(33)31(35)24-15-17-25(32)18-16-24/h3-20,22,31H,21H2,1-2H3. The number of carbonyl (C=O) groups is 2. The third-order valence-electron chi connectivity index (χ3n) is 6.60. The second-order valence-corrected chi connectivity index (χ2v) is 9.31. The van der Waals surface area contributed by atoms with Gasteiger partial charge in [-0.05, 0) is 67.4 Å². The number of rotatable bonds is 6. The van der Waals surface area contributed by atoms with E-state index < -0.39 is 6.04 Å². The van der Waals surface area contributed by atoms with Crippen LogP contribution in [0.1, 0.15) is 36.7 Å². The Morgan fingerprint density at radius 2 is 1.57 bits per heavy atom. The van der Waals surface area contributed by atoms with Crippen LogP contribution >= 0.6 is 0 Å². The first kappa shape index (κ1) is 24.3. The number of hydrogen-bond donors (Lipinski definition) is 0. The van der Waals surface area contributed by atoms with Crippen LogP contribution in [0.15, 0.2) is 103 Å². The van der Waals surface area contributed by atoms with Crippen LogP contribution in [0.2, 0.25) is 0 Å². The summed E-state index contributed by atoms with van der Waals surface area (Å²) in [7, 11) is 0. The van der Waals surface area contributed by atoms with Crippen LogP contribution in [0.25, 0.3) is 11.8 Å². The molecule has 0 aliphatic carbocycles. The fourth-order valence-electron chi connectivity index (χ4n) is 4.79. The largest absolute Gasteiger partial charge is 0.327 e. The first-order valence-corrected chi connectivity index (χ1v) is 12.3. The van der Waals surface area contributed by atoms with Gasteiger partial charge >= 0.3 is 0 Å². The molecule has 37 heavy (non-hydrogen) atoms. The quantitative estimate of drug-likeness (QED) is 0.309. The van der Waals surface area contributed by atoms with Crippen molar-refractivity contribution in [3.8, 4) is 5.69 Å². The molecule has 6 heteroatoms. The molecule has 1 aliphatic rings. The summed E-state index contributed by atoms with van der Waals surface area (Å²) < 4.78 is 15.8. The molecular formula is C31H28FN3O2. The minimum absolute atomic E-state index is 0.0949. The number of hydrogen-bond acceptors (Lipinski definition) is 2. The van der Waals surface area contributed by atoms with Crippen LogP contribution in [0.4, 0.5) is 10.1 Å². The maximum atomic E-state index is 14.1. The predicted octanol–water partition coefficient (Wildman–Crippen LogP) is 6.00. The summed E-state index contributed by atoms with van der Waals surface area (Å²) in [6, 6.07) is 26.8. The molecule has 1 aliphatic heterocycles. The average Bonchev–Trinajstić information content (AvgIpc) is 3.40. The topological polar surface area (TPSA) is 45.6 Å². The summed E-state index contributed by atoms with van der Waals surface area (Å²) in [5, 5.41) is 0. The Morgan fingerprint density at radius 3 is 2.27 bits per heavy atom. The lowest BCUT2D eigenvalue weighted by molar-refractivity contribution is -0.133. The van der Waals surface area contributed by atoms with Crippen molar-refractivity contribution >= 4 is 23.6 Å². The van der Waals surface area contributed by atoms with Crippen molar-refractivity contribution < 1.29 is 14.0 Å². The van der Waals surface area contributed by atoms with Crippen molar-refractivity contribution in [2.24, 2.45) is 0 Å². The van der Waals surface area contributed by atoms with Gasteiger partial charge in [0.1, 0.15) is 18.4 Å². The Bertz CT molecular complexity index is 1440. The second kappa shape index (κ2) is 10.3. The Kier molecular flexibility index (Phi) is 6.73. The minimum atomic E-state index is -0.470. The lowest BCUT2D eigenvalue weighted by Crippen LogP contribution is -2.48. The highest BCUT2D eigenvalue weighted by molar-refractivity contribution is 6.02. The van der Waals surface area contributed by atoms with E-state index in [4.69, 9.17) is 0 Å². The summed E-state index contributed by atoms with van der Waals surface area (Å²) in [4.78, 5) is 30.6. The van der Waals surface area contributed by atoms with Gasteiger partial charge in [0, 0.05) is 18.3 Å². The van der Waals surface area contributed by atoms with Gasteiger partial charge < -0.3 is 9.47 Å². The molecule has 2 amide bonds. The van der Waals surface area contributed by atoms with E-state index in [1.807, 2.05) is 86.8 Å². The zero-order valence-corrected chi connectivity index (χ0v) is 20.8. The van der Waals surface area contributed by atoms with Crippen molar-refractivity contribution in [2.45, 2.75) is 25.9 Å². The number of benzene rings is 3. The molecule has 1 unspecified atom stereocenters. The van der Waals surface area contributed by atoms with Gasteiger partial charge in [-0.1, -0.05) is 54.6 Å². The zero-order chi connectivity index (χ0) is 25.9. The number of carbonyl (C=O) groups excluding carboxylic acids is 2. The predicted molar refractivity (Wildman–Crippen MR) is 144 cm³/mol. The van der Waals surface area contributed by atoms with E-state index in [0.29, 0.717) is 0 Å². The zero-order valence-electron chi connectivity index (χ0n) is 20.8. The van der Waals surface area contributed by atoms with Gasteiger partial charge in [0.25, 0.3) is 0 Å². The van der Waals surface area contributed by atoms with Gasteiger partial charge in [-0.15, -0.1) is 0 Å². The number of fused-ring (bicyclic) bond motifs is 3. The summed E-state index contributed by atoms with van der Waals surface area (Å²) in [5.74, 6) is -0.793. The van der Waals surface area contributed by atoms with Gasteiger partial charge in [0.15, 0.2) is 0 Å².